The maximum atomic E-state index is 9.34. The maximum Gasteiger partial charge on any atom is 0.115 e. The van der Waals surface area contributed by atoms with E-state index in [1.54, 1.807) is 0 Å². The lowest BCUT2D eigenvalue weighted by atomic mass is 9.89. The third-order valence-corrected chi connectivity index (χ3v) is 4.44. The molecule has 0 radical (unpaired) electrons. The number of phenolic OH excluding ortho intramolecular Hbond substituents is 1. The van der Waals surface area contributed by atoms with Crippen LogP contribution in [-0.2, 0) is 6.42 Å². The minimum Gasteiger partial charge on any atom is -0.508 e. The van der Waals surface area contributed by atoms with Crippen LogP contribution in [0.15, 0.2) is 24.3 Å². The molecule has 1 heteroatoms. The molecule has 0 amide bonds. The molecule has 1 nitrogen and oxygen atoms in total. The van der Waals surface area contributed by atoms with Crippen molar-refractivity contribution < 1.29 is 5.11 Å². The van der Waals surface area contributed by atoms with Crippen molar-refractivity contribution in [2.45, 2.75) is 70.6 Å². The van der Waals surface area contributed by atoms with Gasteiger partial charge in [-0.15, -0.1) is 0 Å². The zero-order valence-corrected chi connectivity index (χ0v) is 12.1. The van der Waals surface area contributed by atoms with Crippen molar-refractivity contribution >= 4 is 0 Å². The molecule has 1 aliphatic carbocycles. The number of benzene rings is 1. The van der Waals surface area contributed by atoms with Gasteiger partial charge in [0.05, 0.1) is 0 Å². The molecule has 2 rings (SSSR count). The summed E-state index contributed by atoms with van der Waals surface area (Å²) in [6.45, 7) is 0. The van der Waals surface area contributed by atoms with Gasteiger partial charge in [0, 0.05) is 0 Å². The van der Waals surface area contributed by atoms with Gasteiger partial charge < -0.3 is 5.11 Å². The smallest absolute Gasteiger partial charge is 0.115 e. The summed E-state index contributed by atoms with van der Waals surface area (Å²) in [4.78, 5) is 0. The molecule has 0 bridgehead atoms. The molecule has 1 saturated carbocycles. The molecule has 0 saturated heterocycles. The number of hydrogen-bond acceptors (Lipinski definition) is 1. The summed E-state index contributed by atoms with van der Waals surface area (Å²) >= 11 is 0. The summed E-state index contributed by atoms with van der Waals surface area (Å²) in [6, 6.07) is 7.81. The Morgan fingerprint density at radius 3 is 1.74 bits per heavy atom. The molecule has 1 aliphatic rings. The van der Waals surface area contributed by atoms with Gasteiger partial charge in [0.25, 0.3) is 0 Å². The molecule has 106 valence electrons. The summed E-state index contributed by atoms with van der Waals surface area (Å²) in [6.07, 6.45) is 15.4. The van der Waals surface area contributed by atoms with E-state index < -0.39 is 0 Å². The fraction of sp³-hybridized carbons (Fsp3) is 0.667. The molecule has 0 aliphatic heterocycles. The molecule has 1 aromatic carbocycles. The van der Waals surface area contributed by atoms with Gasteiger partial charge >= 0.3 is 0 Å². The van der Waals surface area contributed by atoms with Gasteiger partial charge in [-0.2, -0.15) is 0 Å². The van der Waals surface area contributed by atoms with Crippen molar-refractivity contribution in [2.75, 3.05) is 0 Å². The average Bonchev–Trinajstić information content (AvgIpc) is 2.47. The van der Waals surface area contributed by atoms with Gasteiger partial charge in [-0.25, -0.2) is 0 Å². The Kier molecular flexibility index (Phi) is 6.26. The van der Waals surface area contributed by atoms with E-state index in [0.717, 1.165) is 5.92 Å². The molecule has 1 fully saturated rings. The lowest BCUT2D eigenvalue weighted by Crippen LogP contribution is -2.05. The maximum absolute atomic E-state index is 9.34. The van der Waals surface area contributed by atoms with E-state index in [9.17, 15) is 5.11 Å². The largest absolute Gasteiger partial charge is 0.508 e. The summed E-state index contributed by atoms with van der Waals surface area (Å²) in [5, 5.41) is 9.34. The van der Waals surface area contributed by atoms with Crippen LogP contribution in [0.5, 0.6) is 5.75 Å². The second kappa shape index (κ2) is 8.24. The SMILES string of the molecule is Oc1ccc(CC2CCCCCCCCCC2)cc1. The van der Waals surface area contributed by atoms with Crippen LogP contribution in [0.4, 0.5) is 0 Å². The average molecular weight is 260 g/mol. The van der Waals surface area contributed by atoms with Crippen LogP contribution in [0.2, 0.25) is 0 Å². The van der Waals surface area contributed by atoms with Crippen molar-refractivity contribution in [3.05, 3.63) is 29.8 Å². The molecule has 0 unspecified atom stereocenters. The number of rotatable bonds is 2. The van der Waals surface area contributed by atoms with Gasteiger partial charge in [0.1, 0.15) is 5.75 Å². The van der Waals surface area contributed by atoms with Gasteiger partial charge in [0.15, 0.2) is 0 Å². The molecular weight excluding hydrogens is 232 g/mol. The quantitative estimate of drug-likeness (QED) is 0.748. The molecule has 19 heavy (non-hydrogen) atoms. The topological polar surface area (TPSA) is 20.2 Å². The minimum absolute atomic E-state index is 0.381. The zero-order valence-electron chi connectivity index (χ0n) is 12.1. The lowest BCUT2D eigenvalue weighted by molar-refractivity contribution is 0.411. The fourth-order valence-electron chi connectivity index (χ4n) is 3.24. The monoisotopic (exact) mass is 260 g/mol. The highest BCUT2D eigenvalue weighted by molar-refractivity contribution is 5.26. The summed E-state index contributed by atoms with van der Waals surface area (Å²) in [5.41, 5.74) is 1.39. The Balaban J connectivity index is 1.85. The van der Waals surface area contributed by atoms with Crippen LogP contribution in [0.3, 0.4) is 0 Å². The van der Waals surface area contributed by atoms with Crippen LogP contribution >= 0.6 is 0 Å². The second-order valence-electron chi connectivity index (χ2n) is 6.14. The first kappa shape index (κ1) is 14.4. The molecule has 1 N–H and O–H groups in total. The molecule has 0 atom stereocenters. The Bertz CT molecular complexity index is 329. The summed E-state index contributed by atoms with van der Waals surface area (Å²) in [5.74, 6) is 1.23. The van der Waals surface area contributed by atoms with Gasteiger partial charge in [0.2, 0.25) is 0 Å². The van der Waals surface area contributed by atoms with Crippen LogP contribution in [0.25, 0.3) is 0 Å². The Morgan fingerprint density at radius 1 is 0.737 bits per heavy atom. The predicted molar refractivity (Wildman–Crippen MR) is 81.5 cm³/mol. The highest BCUT2D eigenvalue weighted by atomic mass is 16.3. The van der Waals surface area contributed by atoms with Crippen LogP contribution in [0.1, 0.15) is 69.8 Å². The third-order valence-electron chi connectivity index (χ3n) is 4.44. The summed E-state index contributed by atoms with van der Waals surface area (Å²) in [7, 11) is 0. The van der Waals surface area contributed by atoms with Crippen molar-refractivity contribution in [1.82, 2.24) is 0 Å². The minimum atomic E-state index is 0.381. The Labute approximate surface area is 118 Å². The van der Waals surface area contributed by atoms with Crippen molar-refractivity contribution in [3.63, 3.8) is 0 Å². The second-order valence-corrected chi connectivity index (χ2v) is 6.14. The highest BCUT2D eigenvalue weighted by Crippen LogP contribution is 2.25. The van der Waals surface area contributed by atoms with Gasteiger partial charge in [-0.3, -0.25) is 0 Å². The van der Waals surface area contributed by atoms with Crippen molar-refractivity contribution in [1.29, 1.82) is 0 Å². The van der Waals surface area contributed by atoms with E-state index in [2.05, 4.69) is 12.1 Å². The lowest BCUT2D eigenvalue weighted by Gasteiger charge is -2.16. The molecule has 0 aromatic heterocycles. The standard InChI is InChI=1S/C18H28O/c19-18-13-11-17(12-14-18)15-16-9-7-5-3-1-2-4-6-8-10-16/h11-14,16,19H,1-10,15H2. The number of hydrogen-bond donors (Lipinski definition) is 1. The van der Waals surface area contributed by atoms with Crippen LogP contribution in [0, 0.1) is 5.92 Å². The van der Waals surface area contributed by atoms with E-state index >= 15 is 0 Å². The molecular formula is C18H28O. The van der Waals surface area contributed by atoms with Crippen molar-refractivity contribution in [3.8, 4) is 5.75 Å². The fourth-order valence-corrected chi connectivity index (χ4v) is 3.24. The first-order valence-electron chi connectivity index (χ1n) is 8.12. The van der Waals surface area contributed by atoms with Crippen molar-refractivity contribution in [2.24, 2.45) is 5.92 Å². The van der Waals surface area contributed by atoms with Crippen LogP contribution < -0.4 is 0 Å². The number of aromatic hydroxyl groups is 1. The van der Waals surface area contributed by atoms with Gasteiger partial charge in [-0.1, -0.05) is 76.3 Å². The van der Waals surface area contributed by atoms with Crippen LogP contribution in [-0.4, -0.2) is 5.11 Å². The first-order chi connectivity index (χ1) is 9.34. The van der Waals surface area contributed by atoms with Gasteiger partial charge in [-0.05, 0) is 30.0 Å². The highest BCUT2D eigenvalue weighted by Gasteiger charge is 2.10. The predicted octanol–water partition coefficient (Wildman–Crippen LogP) is 5.47. The first-order valence-corrected chi connectivity index (χ1v) is 8.12. The summed E-state index contributed by atoms with van der Waals surface area (Å²) < 4.78 is 0. The van der Waals surface area contributed by atoms with E-state index in [-0.39, 0.29) is 0 Å². The van der Waals surface area contributed by atoms with E-state index in [0.29, 0.717) is 5.75 Å². The normalized spacial score (nSPS) is 19.8. The van der Waals surface area contributed by atoms with E-state index in [1.807, 2.05) is 12.1 Å². The van der Waals surface area contributed by atoms with E-state index in [1.165, 1.54) is 76.2 Å². The molecule has 0 heterocycles. The molecule has 0 spiro atoms. The Hall–Kier alpha value is -0.980. The molecule has 1 aromatic rings. The number of phenols is 1. The zero-order chi connectivity index (χ0) is 13.3. The third kappa shape index (κ3) is 5.67. The van der Waals surface area contributed by atoms with E-state index in [4.69, 9.17) is 0 Å². The Morgan fingerprint density at radius 2 is 1.21 bits per heavy atom.